The van der Waals surface area contributed by atoms with Crippen molar-refractivity contribution in [3.8, 4) is 22.6 Å². The average Bonchev–Trinajstić information content (AvgIpc) is 2.75. The van der Waals surface area contributed by atoms with Crippen LogP contribution in [0.5, 0.6) is 11.5 Å². The van der Waals surface area contributed by atoms with Crippen molar-refractivity contribution < 1.29 is 84.4 Å². The summed E-state index contributed by atoms with van der Waals surface area (Å²) in [6, 6.07) is 26.1. The van der Waals surface area contributed by atoms with Crippen LogP contribution in [0.3, 0.4) is 0 Å². The minimum Gasteiger partial charge on any atom is -0.467 e. The summed E-state index contributed by atoms with van der Waals surface area (Å²) in [5.41, 5.74) is 1.90. The maximum atomic E-state index is 5.93. The van der Waals surface area contributed by atoms with Gasteiger partial charge in [-0.15, -0.1) is 33.7 Å². The van der Waals surface area contributed by atoms with E-state index in [1.807, 2.05) is 60.7 Å². The van der Waals surface area contributed by atoms with Crippen LogP contribution in [0.15, 0.2) is 60.7 Å². The fourth-order valence-corrected chi connectivity index (χ4v) is 3.38. The van der Waals surface area contributed by atoms with Gasteiger partial charge in [-0.3, -0.25) is 0 Å². The summed E-state index contributed by atoms with van der Waals surface area (Å²) >= 11 is 0. The third-order valence-corrected chi connectivity index (χ3v) is 4.57. The molecule has 0 saturated heterocycles. The van der Waals surface area contributed by atoms with E-state index >= 15 is 0 Å². The standard InChI is InChI=1S/C24H20O4.2Y/c1-25-15-27-21-13-11-17-7-3-5-9-19(17)23(21)24-20-10-6-4-8-18(20)12-14-22(24)28-16-26-2;;/h5-14H,15-16H2,1-2H3;;/q-2;;. The molecule has 0 amide bonds. The second-order valence-corrected chi connectivity index (χ2v) is 6.27. The molecule has 4 rings (SSSR count). The van der Waals surface area contributed by atoms with Crippen LogP contribution in [-0.2, 0) is 74.9 Å². The minimum absolute atomic E-state index is 0. The zero-order valence-electron chi connectivity index (χ0n) is 17.0. The molecule has 0 heterocycles. The maximum absolute atomic E-state index is 5.93. The number of hydrogen-bond donors (Lipinski definition) is 0. The van der Waals surface area contributed by atoms with Crippen LogP contribution in [0.4, 0.5) is 0 Å². The van der Waals surface area contributed by atoms with Gasteiger partial charge in [-0.1, -0.05) is 0 Å². The van der Waals surface area contributed by atoms with E-state index in [1.165, 1.54) is 0 Å². The SMILES string of the molecule is COCOc1ccc2c[c-]ccc2c1-c1c(OCOC)ccc2c[c-]ccc12.[Y].[Y]. The Hall–Kier alpha value is -0.872. The van der Waals surface area contributed by atoms with E-state index in [0.717, 1.165) is 44.2 Å². The van der Waals surface area contributed by atoms with Gasteiger partial charge in [0.1, 0.15) is 11.5 Å². The van der Waals surface area contributed by atoms with Crippen molar-refractivity contribution in [2.45, 2.75) is 0 Å². The van der Waals surface area contributed by atoms with Gasteiger partial charge in [-0.05, 0) is 12.1 Å². The molecule has 0 unspecified atom stereocenters. The van der Waals surface area contributed by atoms with E-state index in [4.69, 9.17) is 18.9 Å². The first-order valence-electron chi connectivity index (χ1n) is 8.93. The largest absolute Gasteiger partial charge is 0.467 e. The van der Waals surface area contributed by atoms with Crippen molar-refractivity contribution in [3.63, 3.8) is 0 Å². The van der Waals surface area contributed by atoms with Gasteiger partial charge < -0.3 is 18.9 Å². The van der Waals surface area contributed by atoms with E-state index < -0.39 is 0 Å². The molecule has 148 valence electrons. The fourth-order valence-electron chi connectivity index (χ4n) is 3.38. The molecule has 4 nitrogen and oxygen atoms in total. The number of hydrogen-bond acceptors (Lipinski definition) is 4. The molecule has 0 spiro atoms. The number of methoxy groups -OCH3 is 2. The Balaban J connectivity index is 0.00000160. The predicted molar refractivity (Wildman–Crippen MR) is 110 cm³/mol. The average molecular weight is 550 g/mol. The molecule has 4 aromatic carbocycles. The van der Waals surface area contributed by atoms with E-state index in [0.29, 0.717) is 0 Å². The molecular weight excluding hydrogens is 530 g/mol. The molecule has 0 aliphatic carbocycles. The second-order valence-electron chi connectivity index (χ2n) is 6.27. The molecular formula is C24H20O4Y2-2. The molecule has 0 fully saturated rings. The van der Waals surface area contributed by atoms with Gasteiger partial charge in [0.25, 0.3) is 0 Å². The van der Waals surface area contributed by atoms with Crippen LogP contribution in [-0.4, -0.2) is 27.8 Å². The molecule has 2 radical (unpaired) electrons. The molecule has 30 heavy (non-hydrogen) atoms. The van der Waals surface area contributed by atoms with Crippen molar-refractivity contribution in [2.24, 2.45) is 0 Å². The molecule has 0 atom stereocenters. The number of rotatable bonds is 7. The predicted octanol–water partition coefficient (Wildman–Crippen LogP) is 5.22. The van der Waals surface area contributed by atoms with Crippen LogP contribution >= 0.6 is 0 Å². The van der Waals surface area contributed by atoms with Crippen LogP contribution in [0.2, 0.25) is 0 Å². The fraction of sp³-hybridized carbons (Fsp3) is 0.167. The van der Waals surface area contributed by atoms with Gasteiger partial charge in [-0.2, -0.15) is 48.5 Å². The first-order valence-corrected chi connectivity index (χ1v) is 8.93. The van der Waals surface area contributed by atoms with Gasteiger partial charge in [0, 0.05) is 90.8 Å². The Bertz CT molecular complexity index is 1030. The van der Waals surface area contributed by atoms with E-state index in [2.05, 4.69) is 12.1 Å². The Labute approximate surface area is 227 Å². The maximum Gasteiger partial charge on any atom is 0.188 e. The summed E-state index contributed by atoms with van der Waals surface area (Å²) in [6.45, 7) is 0.314. The summed E-state index contributed by atoms with van der Waals surface area (Å²) in [5.74, 6) is 1.45. The molecule has 4 aromatic rings. The molecule has 0 N–H and O–H groups in total. The van der Waals surface area contributed by atoms with E-state index in [9.17, 15) is 0 Å². The van der Waals surface area contributed by atoms with Gasteiger partial charge >= 0.3 is 0 Å². The Kier molecular flexibility index (Phi) is 10.4. The second kappa shape index (κ2) is 12.2. The summed E-state index contributed by atoms with van der Waals surface area (Å²) < 4.78 is 22.2. The van der Waals surface area contributed by atoms with Crippen LogP contribution in [0.25, 0.3) is 32.7 Å². The third kappa shape index (κ3) is 5.30. The number of fused-ring (bicyclic) bond motifs is 2. The Morgan fingerprint density at radius 3 is 1.47 bits per heavy atom. The van der Waals surface area contributed by atoms with Gasteiger partial charge in [0.15, 0.2) is 13.6 Å². The zero-order chi connectivity index (χ0) is 19.3. The quantitative estimate of drug-likeness (QED) is 0.234. The molecule has 0 aliphatic rings. The number of benzene rings is 4. The smallest absolute Gasteiger partial charge is 0.188 e. The molecule has 0 aliphatic heterocycles. The summed E-state index contributed by atoms with van der Waals surface area (Å²) in [6.07, 6.45) is 0. The van der Waals surface area contributed by atoms with Crippen molar-refractivity contribution in [1.29, 1.82) is 0 Å². The van der Waals surface area contributed by atoms with E-state index in [-0.39, 0.29) is 79.0 Å². The van der Waals surface area contributed by atoms with Crippen molar-refractivity contribution in [2.75, 3.05) is 27.8 Å². The summed E-state index contributed by atoms with van der Waals surface area (Å²) in [7, 11) is 3.22. The van der Waals surface area contributed by atoms with Crippen molar-refractivity contribution in [1.82, 2.24) is 0 Å². The normalized spacial score (nSPS) is 10.3. The third-order valence-electron chi connectivity index (χ3n) is 4.57. The molecule has 6 heteroatoms. The van der Waals surface area contributed by atoms with Crippen LogP contribution in [0, 0.1) is 12.1 Å². The topological polar surface area (TPSA) is 36.9 Å². The van der Waals surface area contributed by atoms with Gasteiger partial charge in [-0.25, -0.2) is 0 Å². The summed E-state index contributed by atoms with van der Waals surface area (Å²) in [4.78, 5) is 0. The molecule has 0 aromatic heterocycles. The molecule has 0 bridgehead atoms. The summed E-state index contributed by atoms with van der Waals surface area (Å²) in [5, 5.41) is 4.24. The number of ether oxygens (including phenoxy) is 4. The molecule has 0 saturated carbocycles. The van der Waals surface area contributed by atoms with Gasteiger partial charge in [0.05, 0.1) is 0 Å². The Morgan fingerprint density at radius 2 is 1.07 bits per heavy atom. The van der Waals surface area contributed by atoms with Crippen molar-refractivity contribution in [3.05, 3.63) is 72.8 Å². The van der Waals surface area contributed by atoms with Crippen LogP contribution in [0.1, 0.15) is 0 Å². The first-order chi connectivity index (χ1) is 13.8. The van der Waals surface area contributed by atoms with Gasteiger partial charge in [0.2, 0.25) is 0 Å². The monoisotopic (exact) mass is 550 g/mol. The first kappa shape index (κ1) is 25.4. The Morgan fingerprint density at radius 1 is 0.633 bits per heavy atom. The van der Waals surface area contributed by atoms with Crippen LogP contribution < -0.4 is 9.47 Å². The zero-order valence-corrected chi connectivity index (χ0v) is 22.7. The van der Waals surface area contributed by atoms with E-state index in [1.54, 1.807) is 14.2 Å². The van der Waals surface area contributed by atoms with Crippen molar-refractivity contribution >= 4 is 21.5 Å². The minimum atomic E-state index is 0.